The number of alkyl halides is 2. The number of likely N-dealkylation sites (N-methyl/N-ethyl adjacent to an activating group) is 1. The van der Waals surface area contributed by atoms with Crippen LogP contribution in [-0.4, -0.2) is 94.4 Å². The number of halogens is 4. The first-order valence-electron chi connectivity index (χ1n) is 15.5. The van der Waals surface area contributed by atoms with E-state index >= 15 is 8.78 Å². The summed E-state index contributed by atoms with van der Waals surface area (Å²) >= 11 is 6.57. The summed E-state index contributed by atoms with van der Waals surface area (Å²) in [6.07, 6.45) is 2.63. The quantitative estimate of drug-likeness (QED) is 0.222. The average molecular weight is 651 g/mol. The molecule has 0 aliphatic carbocycles. The number of pyridine rings is 1. The molecule has 2 aromatic carbocycles. The Morgan fingerprint density at radius 1 is 1.20 bits per heavy atom. The van der Waals surface area contributed by atoms with Crippen LogP contribution in [0, 0.1) is 5.82 Å². The molecule has 0 saturated carbocycles. The van der Waals surface area contributed by atoms with Gasteiger partial charge in [0, 0.05) is 55.3 Å². The van der Waals surface area contributed by atoms with Gasteiger partial charge in [-0.3, -0.25) is 14.7 Å². The van der Waals surface area contributed by atoms with Crippen molar-refractivity contribution in [2.45, 2.75) is 49.6 Å². The zero-order chi connectivity index (χ0) is 32.2. The van der Waals surface area contributed by atoms with E-state index in [1.807, 2.05) is 18.2 Å². The molecule has 4 aromatic rings. The Labute approximate surface area is 269 Å². The molecule has 1 amide bonds. The first kappa shape index (κ1) is 30.7. The van der Waals surface area contributed by atoms with Crippen LogP contribution < -0.4 is 9.64 Å². The highest BCUT2D eigenvalue weighted by Gasteiger charge is 2.49. The number of carbonyl (C=O) groups excluding carboxylic acids is 1. The standard InChI is InChI=1S/C34H34ClF3N6O2/c1-3-27(45)43-14-11-25(37)26(18-43)42(2)32-23-16-39-30(22-9-4-7-20-8-5-10-24(35)28(20)22)29(38)31(23)40-33(41-32)46-19-34-12-6-13-44(34)17-21(36)15-34/h3-5,7-10,16,21,25-26H,1,6,11-15,17-19H2,2H3/t21-,25+,26+,34+/m1/s1. The van der Waals surface area contributed by atoms with Crippen LogP contribution in [0.3, 0.4) is 0 Å². The minimum absolute atomic E-state index is 0.0462. The molecule has 0 bridgehead atoms. The van der Waals surface area contributed by atoms with Gasteiger partial charge in [0.15, 0.2) is 5.82 Å². The van der Waals surface area contributed by atoms with Crippen LogP contribution >= 0.6 is 11.6 Å². The largest absolute Gasteiger partial charge is 0.461 e. The molecular formula is C34H34ClF3N6O2. The third-order valence-electron chi connectivity index (χ3n) is 9.80. The van der Waals surface area contributed by atoms with E-state index in [1.54, 1.807) is 30.1 Å². The maximum atomic E-state index is 16.7. The van der Waals surface area contributed by atoms with Gasteiger partial charge in [-0.15, -0.1) is 0 Å². The molecule has 4 atom stereocenters. The van der Waals surface area contributed by atoms with Gasteiger partial charge in [-0.25, -0.2) is 13.2 Å². The topological polar surface area (TPSA) is 74.7 Å². The molecule has 240 valence electrons. The summed E-state index contributed by atoms with van der Waals surface area (Å²) in [5.74, 6) is -0.790. The maximum absolute atomic E-state index is 16.7. The number of hydrogen-bond donors (Lipinski definition) is 0. The van der Waals surface area contributed by atoms with E-state index in [-0.39, 0.29) is 60.4 Å². The highest BCUT2D eigenvalue weighted by Crippen LogP contribution is 2.41. The number of ether oxygens (including phenoxy) is 1. The summed E-state index contributed by atoms with van der Waals surface area (Å²) in [5, 5.41) is 2.19. The Balaban J connectivity index is 1.34. The summed E-state index contributed by atoms with van der Waals surface area (Å²) in [5.41, 5.74) is 0.00454. The Morgan fingerprint density at radius 3 is 2.80 bits per heavy atom. The van der Waals surface area contributed by atoms with E-state index in [4.69, 9.17) is 16.3 Å². The third-order valence-corrected chi connectivity index (χ3v) is 10.1. The van der Waals surface area contributed by atoms with Crippen molar-refractivity contribution in [1.29, 1.82) is 0 Å². The molecule has 3 aliphatic rings. The zero-order valence-electron chi connectivity index (χ0n) is 25.4. The number of benzene rings is 2. The monoisotopic (exact) mass is 650 g/mol. The number of hydrogen-bond acceptors (Lipinski definition) is 7. The van der Waals surface area contributed by atoms with E-state index in [0.717, 1.165) is 24.8 Å². The van der Waals surface area contributed by atoms with Crippen molar-refractivity contribution in [3.05, 3.63) is 66.1 Å². The van der Waals surface area contributed by atoms with Crippen LogP contribution in [0.5, 0.6) is 6.01 Å². The second-order valence-electron chi connectivity index (χ2n) is 12.5. The number of amides is 1. The van der Waals surface area contributed by atoms with Crippen molar-refractivity contribution in [3.63, 3.8) is 0 Å². The van der Waals surface area contributed by atoms with Crippen LogP contribution in [0.15, 0.2) is 55.3 Å². The molecule has 3 aliphatic heterocycles. The molecule has 0 N–H and O–H groups in total. The molecule has 8 nitrogen and oxygen atoms in total. The van der Waals surface area contributed by atoms with Gasteiger partial charge in [-0.2, -0.15) is 9.97 Å². The van der Waals surface area contributed by atoms with E-state index < -0.39 is 29.7 Å². The number of rotatable bonds is 7. The number of fused-ring (bicyclic) bond motifs is 3. The van der Waals surface area contributed by atoms with Crippen LogP contribution in [0.25, 0.3) is 32.9 Å². The Bertz CT molecular complexity index is 1840. The number of anilines is 1. The zero-order valence-corrected chi connectivity index (χ0v) is 26.2. The maximum Gasteiger partial charge on any atom is 0.319 e. The molecule has 12 heteroatoms. The molecule has 3 saturated heterocycles. The fourth-order valence-electron chi connectivity index (χ4n) is 7.44. The van der Waals surface area contributed by atoms with E-state index in [9.17, 15) is 9.18 Å². The molecule has 0 radical (unpaired) electrons. The lowest BCUT2D eigenvalue weighted by molar-refractivity contribution is -0.127. The number of aromatic nitrogens is 3. The average Bonchev–Trinajstić information content (AvgIpc) is 3.59. The van der Waals surface area contributed by atoms with Gasteiger partial charge in [0.1, 0.15) is 36.0 Å². The molecule has 3 fully saturated rings. The molecule has 5 heterocycles. The van der Waals surface area contributed by atoms with Crippen molar-refractivity contribution >= 4 is 45.0 Å². The summed E-state index contributed by atoms with van der Waals surface area (Å²) in [7, 11) is 1.66. The van der Waals surface area contributed by atoms with Crippen LogP contribution in [-0.2, 0) is 4.79 Å². The van der Waals surface area contributed by atoms with Crippen molar-refractivity contribution in [3.8, 4) is 17.3 Å². The normalized spacial score (nSPS) is 24.8. The Kier molecular flexibility index (Phi) is 8.01. The molecule has 7 rings (SSSR count). The first-order chi connectivity index (χ1) is 22.2. The molecule has 0 spiro atoms. The lowest BCUT2D eigenvalue weighted by Crippen LogP contribution is -2.54. The van der Waals surface area contributed by atoms with Crippen LogP contribution in [0.2, 0.25) is 5.02 Å². The van der Waals surface area contributed by atoms with Gasteiger partial charge in [0.2, 0.25) is 5.91 Å². The van der Waals surface area contributed by atoms with Crippen molar-refractivity contribution < 1.29 is 22.7 Å². The van der Waals surface area contributed by atoms with Crippen LogP contribution in [0.4, 0.5) is 19.0 Å². The number of likely N-dealkylation sites (tertiary alicyclic amines) is 1. The van der Waals surface area contributed by atoms with Gasteiger partial charge in [0.05, 0.1) is 17.0 Å². The first-order valence-corrected chi connectivity index (χ1v) is 15.9. The van der Waals surface area contributed by atoms with Crippen molar-refractivity contribution in [2.75, 3.05) is 44.7 Å². The number of piperidine rings is 1. The third kappa shape index (κ3) is 5.23. The SMILES string of the molecule is C=CC(=O)N1CC[C@H](F)[C@@H](N(C)c2nc(OC[C@@]34CCCN3C[C@H](F)C4)nc3c(F)c(-c4cccc5cccc(Cl)c45)ncc23)C1. The smallest absolute Gasteiger partial charge is 0.319 e. The fraction of sp³-hybridized carbons (Fsp3) is 0.412. The van der Waals surface area contributed by atoms with Gasteiger partial charge in [-0.05, 0) is 43.3 Å². The molecular weight excluding hydrogens is 617 g/mol. The van der Waals surface area contributed by atoms with Gasteiger partial charge in [-0.1, -0.05) is 48.5 Å². The van der Waals surface area contributed by atoms with E-state index in [2.05, 4.69) is 26.4 Å². The summed E-state index contributed by atoms with van der Waals surface area (Å²) in [6, 6.07) is 10.0. The minimum atomic E-state index is -1.28. The predicted molar refractivity (Wildman–Crippen MR) is 172 cm³/mol. The second kappa shape index (κ2) is 12.0. The van der Waals surface area contributed by atoms with Crippen molar-refractivity contribution in [2.24, 2.45) is 0 Å². The van der Waals surface area contributed by atoms with Crippen molar-refractivity contribution in [1.82, 2.24) is 24.8 Å². The van der Waals surface area contributed by atoms with E-state index in [0.29, 0.717) is 28.9 Å². The number of carbonyl (C=O) groups is 1. The lowest BCUT2D eigenvalue weighted by Gasteiger charge is -2.40. The second-order valence-corrected chi connectivity index (χ2v) is 12.9. The van der Waals surface area contributed by atoms with Crippen LogP contribution in [0.1, 0.15) is 25.7 Å². The summed E-state index contributed by atoms with van der Waals surface area (Å²) < 4.78 is 52.9. The molecule has 2 aromatic heterocycles. The van der Waals surface area contributed by atoms with Gasteiger partial charge >= 0.3 is 6.01 Å². The molecule has 46 heavy (non-hydrogen) atoms. The van der Waals surface area contributed by atoms with Gasteiger partial charge < -0.3 is 14.5 Å². The Hall–Kier alpha value is -3.96. The lowest BCUT2D eigenvalue weighted by atomic mass is 9.95. The molecule has 0 unspecified atom stereocenters. The number of nitrogens with zero attached hydrogens (tertiary/aromatic N) is 6. The minimum Gasteiger partial charge on any atom is -0.461 e. The van der Waals surface area contributed by atoms with Gasteiger partial charge in [0.25, 0.3) is 0 Å². The Morgan fingerprint density at radius 2 is 2.00 bits per heavy atom. The summed E-state index contributed by atoms with van der Waals surface area (Å²) in [6.45, 7) is 5.18. The summed E-state index contributed by atoms with van der Waals surface area (Å²) in [4.78, 5) is 31.4. The predicted octanol–water partition coefficient (Wildman–Crippen LogP) is 6.15. The fourth-order valence-corrected chi connectivity index (χ4v) is 7.72. The highest BCUT2D eigenvalue weighted by molar-refractivity contribution is 6.36. The highest BCUT2D eigenvalue weighted by atomic mass is 35.5. The van der Waals surface area contributed by atoms with E-state index in [1.165, 1.54) is 17.2 Å².